The van der Waals surface area contributed by atoms with Gasteiger partial charge in [-0.2, -0.15) is 12.6 Å². The zero-order valence-corrected chi connectivity index (χ0v) is 16.7. The third-order valence-electron chi connectivity index (χ3n) is 4.20. The lowest BCUT2D eigenvalue weighted by Crippen LogP contribution is -2.58. The van der Waals surface area contributed by atoms with Gasteiger partial charge in [0, 0.05) is 5.75 Å². The van der Waals surface area contributed by atoms with Crippen LogP contribution in [0.1, 0.15) is 25.7 Å². The molecule has 0 spiro atoms. The number of nitrogens with one attached hydrogen (secondary N) is 4. The van der Waals surface area contributed by atoms with Crippen molar-refractivity contribution in [2.24, 2.45) is 0 Å². The Balaban J connectivity index is 2.90. The Kier molecular flexibility index (Phi) is 10.0. The molecule has 14 heteroatoms. The maximum Gasteiger partial charge on any atom is 0.327 e. The minimum atomic E-state index is -1.70. The van der Waals surface area contributed by atoms with Gasteiger partial charge < -0.3 is 36.6 Å². The third-order valence-corrected chi connectivity index (χ3v) is 4.56. The molecule has 168 valence electrons. The number of carboxylic acid groups (broad SMARTS) is 3. The van der Waals surface area contributed by atoms with Crippen LogP contribution in [0, 0.1) is 0 Å². The summed E-state index contributed by atoms with van der Waals surface area (Å²) >= 11 is 3.77. The molecule has 3 amide bonds. The Morgan fingerprint density at radius 2 is 1.37 bits per heavy atom. The lowest BCUT2D eigenvalue weighted by Gasteiger charge is -2.23. The molecule has 0 saturated carbocycles. The first kappa shape index (κ1) is 25.2. The first-order chi connectivity index (χ1) is 14.0. The third kappa shape index (κ3) is 8.24. The molecule has 1 heterocycles. The van der Waals surface area contributed by atoms with Gasteiger partial charge in [-0.1, -0.05) is 0 Å². The lowest BCUT2D eigenvalue weighted by molar-refractivity contribution is -0.144. The first-order valence-corrected chi connectivity index (χ1v) is 9.60. The van der Waals surface area contributed by atoms with Crippen LogP contribution in [-0.2, 0) is 28.8 Å². The van der Waals surface area contributed by atoms with Gasteiger partial charge in [-0.05, 0) is 19.4 Å². The number of hydrogen-bond donors (Lipinski definition) is 8. The monoisotopic (exact) mass is 448 g/mol. The van der Waals surface area contributed by atoms with Crippen LogP contribution in [0.4, 0.5) is 0 Å². The Morgan fingerprint density at radius 3 is 1.77 bits per heavy atom. The maximum absolute atomic E-state index is 12.5. The molecule has 1 rings (SSSR count). The number of amides is 3. The van der Waals surface area contributed by atoms with Gasteiger partial charge in [0.15, 0.2) is 0 Å². The van der Waals surface area contributed by atoms with E-state index >= 15 is 0 Å². The van der Waals surface area contributed by atoms with Crippen LogP contribution in [0.15, 0.2) is 0 Å². The van der Waals surface area contributed by atoms with Crippen LogP contribution in [0.2, 0.25) is 0 Å². The molecule has 0 aromatic rings. The van der Waals surface area contributed by atoms with Crippen LogP contribution in [-0.4, -0.2) is 87.4 Å². The quantitative estimate of drug-likeness (QED) is 0.143. The van der Waals surface area contributed by atoms with Crippen molar-refractivity contribution in [1.29, 1.82) is 0 Å². The van der Waals surface area contributed by atoms with Crippen molar-refractivity contribution in [3.05, 3.63) is 0 Å². The minimum Gasteiger partial charge on any atom is -0.481 e. The van der Waals surface area contributed by atoms with Crippen LogP contribution in [0.5, 0.6) is 0 Å². The number of aliphatic carboxylic acids is 3. The molecule has 7 N–H and O–H groups in total. The molecule has 0 radical (unpaired) electrons. The molecule has 4 unspecified atom stereocenters. The summed E-state index contributed by atoms with van der Waals surface area (Å²) in [5, 5.41) is 36.2. The second-order valence-corrected chi connectivity index (χ2v) is 6.91. The molecule has 0 aliphatic carbocycles. The van der Waals surface area contributed by atoms with Gasteiger partial charge in [0.2, 0.25) is 17.7 Å². The molecule has 30 heavy (non-hydrogen) atoms. The van der Waals surface area contributed by atoms with Gasteiger partial charge in [0.25, 0.3) is 0 Å². The molecule has 4 atom stereocenters. The molecule has 1 aliphatic rings. The SMILES string of the molecule is O=C(O)CC(NC(=O)C(CC(=O)O)NC(=O)C1CCCN1)C(=O)NC(CS)C(=O)O. The fourth-order valence-corrected chi connectivity index (χ4v) is 2.93. The summed E-state index contributed by atoms with van der Waals surface area (Å²) in [4.78, 5) is 70.1. The highest BCUT2D eigenvalue weighted by molar-refractivity contribution is 7.80. The average Bonchev–Trinajstić information content (AvgIpc) is 3.18. The summed E-state index contributed by atoms with van der Waals surface area (Å²) in [6, 6.07) is -5.30. The predicted molar refractivity (Wildman–Crippen MR) is 103 cm³/mol. The van der Waals surface area contributed by atoms with Crippen LogP contribution in [0.3, 0.4) is 0 Å². The smallest absolute Gasteiger partial charge is 0.327 e. The number of hydrogen-bond acceptors (Lipinski definition) is 8. The van der Waals surface area contributed by atoms with Gasteiger partial charge >= 0.3 is 17.9 Å². The number of rotatable bonds is 12. The summed E-state index contributed by atoms with van der Waals surface area (Å²) < 4.78 is 0. The van der Waals surface area contributed by atoms with Crippen LogP contribution >= 0.6 is 12.6 Å². The summed E-state index contributed by atoms with van der Waals surface area (Å²) in [6.07, 6.45) is -0.475. The Hall–Kier alpha value is -2.87. The second-order valence-electron chi connectivity index (χ2n) is 6.55. The van der Waals surface area contributed by atoms with Gasteiger partial charge in [-0.3, -0.25) is 24.0 Å². The summed E-state index contributed by atoms with van der Waals surface area (Å²) in [6.45, 7) is 0.588. The van der Waals surface area contributed by atoms with E-state index in [1.807, 2.05) is 5.32 Å². The zero-order chi connectivity index (χ0) is 22.8. The normalized spacial score (nSPS) is 18.5. The highest BCUT2D eigenvalue weighted by atomic mass is 32.1. The molecule has 1 aliphatic heterocycles. The van der Waals surface area contributed by atoms with E-state index in [0.717, 1.165) is 6.42 Å². The minimum absolute atomic E-state index is 0.291. The van der Waals surface area contributed by atoms with E-state index in [-0.39, 0.29) is 5.75 Å². The van der Waals surface area contributed by atoms with Crippen molar-refractivity contribution in [3.63, 3.8) is 0 Å². The fourth-order valence-electron chi connectivity index (χ4n) is 2.68. The van der Waals surface area contributed by atoms with Gasteiger partial charge in [-0.15, -0.1) is 0 Å². The summed E-state index contributed by atoms with van der Waals surface area (Å²) in [7, 11) is 0. The van der Waals surface area contributed by atoms with Crippen molar-refractivity contribution < 1.29 is 44.1 Å². The molecule has 1 fully saturated rings. The van der Waals surface area contributed by atoms with Gasteiger partial charge in [0.1, 0.15) is 18.1 Å². The van der Waals surface area contributed by atoms with E-state index < -0.39 is 72.6 Å². The number of carbonyl (C=O) groups is 6. The summed E-state index contributed by atoms with van der Waals surface area (Å²) in [5.41, 5.74) is 0. The van der Waals surface area contributed by atoms with Crippen molar-refractivity contribution in [2.45, 2.75) is 49.9 Å². The van der Waals surface area contributed by atoms with E-state index in [0.29, 0.717) is 13.0 Å². The second kappa shape index (κ2) is 12.0. The highest BCUT2D eigenvalue weighted by Crippen LogP contribution is 2.06. The topological polar surface area (TPSA) is 211 Å². The van der Waals surface area contributed by atoms with Crippen molar-refractivity contribution in [3.8, 4) is 0 Å². The van der Waals surface area contributed by atoms with E-state index in [9.17, 15) is 28.8 Å². The highest BCUT2D eigenvalue weighted by Gasteiger charge is 2.33. The fraction of sp³-hybridized carbons (Fsp3) is 0.625. The van der Waals surface area contributed by atoms with Crippen molar-refractivity contribution >= 4 is 48.3 Å². The number of carboxylic acids is 3. The first-order valence-electron chi connectivity index (χ1n) is 8.96. The van der Waals surface area contributed by atoms with Crippen LogP contribution < -0.4 is 21.3 Å². The molecular formula is C16H24N4O9S. The summed E-state index contributed by atoms with van der Waals surface area (Å²) in [5.74, 6) is -7.39. The average molecular weight is 448 g/mol. The Bertz CT molecular complexity index is 696. The molecule has 13 nitrogen and oxygen atoms in total. The van der Waals surface area contributed by atoms with E-state index in [2.05, 4.69) is 28.6 Å². The van der Waals surface area contributed by atoms with E-state index in [1.54, 1.807) is 0 Å². The Morgan fingerprint density at radius 1 is 0.867 bits per heavy atom. The number of carbonyl (C=O) groups excluding carboxylic acids is 3. The van der Waals surface area contributed by atoms with E-state index in [4.69, 9.17) is 15.3 Å². The van der Waals surface area contributed by atoms with Crippen LogP contribution in [0.25, 0.3) is 0 Å². The molecule has 0 aromatic carbocycles. The molecule has 0 bridgehead atoms. The largest absolute Gasteiger partial charge is 0.481 e. The zero-order valence-electron chi connectivity index (χ0n) is 15.8. The Labute approximate surface area is 176 Å². The molecular weight excluding hydrogens is 424 g/mol. The standard InChI is InChI=1S/C16H24N4O9S/c21-11(22)4-8(18-13(25)7-2-1-3-17-7)14(26)19-9(5-12(23)24)15(27)20-10(6-30)16(28)29/h7-10,17,30H,1-6H2,(H,18,25)(H,19,26)(H,20,27)(H,21,22)(H,23,24)(H,28,29). The number of thiol groups is 1. The maximum atomic E-state index is 12.5. The lowest BCUT2D eigenvalue weighted by atomic mass is 10.1. The molecule has 1 saturated heterocycles. The predicted octanol–water partition coefficient (Wildman–Crippen LogP) is -2.84. The van der Waals surface area contributed by atoms with Gasteiger partial charge in [0.05, 0.1) is 18.9 Å². The van der Waals surface area contributed by atoms with Crippen molar-refractivity contribution in [2.75, 3.05) is 12.3 Å². The van der Waals surface area contributed by atoms with Gasteiger partial charge in [-0.25, -0.2) is 4.79 Å². The molecule has 0 aromatic heterocycles. The van der Waals surface area contributed by atoms with Crippen molar-refractivity contribution in [1.82, 2.24) is 21.3 Å². The van der Waals surface area contributed by atoms with E-state index in [1.165, 1.54) is 0 Å².